The third kappa shape index (κ3) is 6.65. The van der Waals surface area contributed by atoms with Crippen LogP contribution in [0, 0.1) is 6.92 Å². The van der Waals surface area contributed by atoms with Crippen LogP contribution in [0.25, 0.3) is 32.7 Å². The van der Waals surface area contributed by atoms with Crippen LogP contribution in [0.1, 0.15) is 5.56 Å². The number of rotatable bonds is 6. The third-order valence-corrected chi connectivity index (χ3v) is 11.8. The van der Waals surface area contributed by atoms with Gasteiger partial charge in [-0.3, -0.25) is 13.9 Å². The van der Waals surface area contributed by atoms with Gasteiger partial charge < -0.3 is 5.73 Å². The molecule has 0 spiro atoms. The number of nitrogens with two attached hydrogens (primary N) is 1. The Morgan fingerprint density at radius 3 is 1.20 bits per heavy atom. The Bertz CT molecular complexity index is 2050. The van der Waals surface area contributed by atoms with Crippen LogP contribution >= 0.6 is 90.4 Å². The fourth-order valence-electron chi connectivity index (χ4n) is 4.54. The quantitative estimate of drug-likeness (QED) is 0.133. The number of phosphoric acid groups is 1. The van der Waals surface area contributed by atoms with Crippen molar-refractivity contribution in [1.29, 1.82) is 0 Å². The number of anilines is 1. The number of hydrogen-bond donors (Lipinski definition) is 1. The normalized spacial score (nSPS) is 11.5. The zero-order valence-electron chi connectivity index (χ0n) is 23.5. The van der Waals surface area contributed by atoms with Crippen molar-refractivity contribution in [2.24, 2.45) is 0 Å². The van der Waals surface area contributed by atoms with Gasteiger partial charge >= 0.3 is 7.82 Å². The third-order valence-electron chi connectivity index (χ3n) is 6.81. The van der Waals surface area contributed by atoms with Crippen LogP contribution in [-0.2, 0) is 4.57 Å². The second-order valence-electron chi connectivity index (χ2n) is 9.91. The van der Waals surface area contributed by atoms with Gasteiger partial charge in [0.1, 0.15) is 0 Å². The van der Waals surface area contributed by atoms with Gasteiger partial charge in [0, 0.05) is 53.9 Å². The molecule has 0 atom stereocenters. The van der Waals surface area contributed by atoms with E-state index in [1.165, 1.54) is 19.8 Å². The van der Waals surface area contributed by atoms with Gasteiger partial charge in [0.2, 0.25) is 0 Å². The maximum absolute atomic E-state index is 14.3. The van der Waals surface area contributed by atoms with Crippen LogP contribution in [0.2, 0.25) is 15.1 Å². The molecule has 2 N–H and O–H groups in total. The fourth-order valence-corrected chi connectivity index (χ4v) is 7.40. The van der Waals surface area contributed by atoms with Gasteiger partial charge in [-0.2, -0.15) is 18.8 Å². The van der Waals surface area contributed by atoms with Gasteiger partial charge in [-0.05, 0) is 121 Å². The van der Waals surface area contributed by atoms with Crippen molar-refractivity contribution in [2.75, 3.05) is 5.73 Å². The predicted octanol–water partition coefficient (Wildman–Crippen LogP) is 11.2. The first kappa shape index (κ1) is 33.2. The SMILES string of the molecule is Cc1ccc(N)cc1.O=P(On1ccc2c(Cl)c(Br)ccc21)(On1ccc2c(Cl)c(Br)ccc21)On1ccc2c(Cl)c(Br)ccc21. The average Bonchev–Trinajstić information content (AvgIpc) is 3.74. The zero-order valence-corrected chi connectivity index (χ0v) is 31.4. The van der Waals surface area contributed by atoms with E-state index in [4.69, 9.17) is 54.4 Å². The number of benzene rings is 4. The number of halogens is 6. The van der Waals surface area contributed by atoms with E-state index in [2.05, 4.69) is 47.8 Å². The predicted molar refractivity (Wildman–Crippen MR) is 197 cm³/mol. The Labute approximate surface area is 303 Å². The molecule has 0 unspecified atom stereocenters. The number of nitrogens with zero attached hydrogens (tertiary/aromatic N) is 3. The summed E-state index contributed by atoms with van der Waals surface area (Å²) in [6.07, 6.45) is 4.73. The van der Waals surface area contributed by atoms with Crippen molar-refractivity contribution in [1.82, 2.24) is 14.2 Å². The van der Waals surface area contributed by atoms with Gasteiger partial charge in [0.05, 0.1) is 31.6 Å². The molecule has 0 aliphatic carbocycles. The molecule has 7 rings (SSSR count). The number of hydrogen-bond acceptors (Lipinski definition) is 5. The molecule has 0 bridgehead atoms. The first-order valence-corrected chi connectivity index (χ1v) is 18.3. The standard InChI is InChI=1S/C24H12Br3Cl3N3O4P.C7H9N/c25-16-1-4-19-13(22(16)28)7-10-31(19)35-38(34,36-32-11-8-14-20(32)5-2-17(26)23(14)29)37-33-12-9-15-21(33)6-3-18(27)24(15)30;1-6-2-4-7(8)5-3-6/h1-12H;2-5H,8H2,1H3. The molecule has 0 saturated heterocycles. The van der Waals surface area contributed by atoms with E-state index in [0.717, 1.165) is 5.69 Å². The summed E-state index contributed by atoms with van der Waals surface area (Å²) in [4.78, 5) is 0. The molecular weight excluding hydrogens is 869 g/mol. The van der Waals surface area contributed by atoms with E-state index in [0.29, 0.717) is 61.2 Å². The summed E-state index contributed by atoms with van der Waals surface area (Å²) in [7, 11) is -4.45. The van der Waals surface area contributed by atoms with Crippen LogP contribution < -0.4 is 19.6 Å². The highest BCUT2D eigenvalue weighted by molar-refractivity contribution is 9.11. The van der Waals surface area contributed by atoms with Crippen LogP contribution in [0.5, 0.6) is 0 Å². The molecule has 3 heterocycles. The van der Waals surface area contributed by atoms with E-state index in [1.807, 2.05) is 31.2 Å². The first-order valence-electron chi connectivity index (χ1n) is 13.3. The van der Waals surface area contributed by atoms with Crippen molar-refractivity contribution in [3.05, 3.63) is 132 Å². The molecule has 0 aliphatic rings. The Kier molecular flexibility index (Phi) is 9.65. The largest absolute Gasteiger partial charge is 0.705 e. The summed E-state index contributed by atoms with van der Waals surface area (Å²) in [6.45, 7) is 2.04. The maximum Gasteiger partial charge on any atom is 0.705 e. The molecule has 0 saturated carbocycles. The van der Waals surface area contributed by atoms with Crippen LogP contribution in [0.3, 0.4) is 0 Å². The molecule has 8 nitrogen and oxygen atoms in total. The lowest BCUT2D eigenvalue weighted by Gasteiger charge is -2.20. The summed E-state index contributed by atoms with van der Waals surface area (Å²) in [5.41, 5.74) is 9.17. The van der Waals surface area contributed by atoms with E-state index in [1.54, 1.807) is 73.2 Å². The number of aryl methyl sites for hydroxylation is 1. The molecular formula is C31H21Br3Cl3N4O4P. The Morgan fingerprint density at radius 2 is 0.891 bits per heavy atom. The van der Waals surface area contributed by atoms with Crippen LogP contribution in [-0.4, -0.2) is 14.2 Å². The molecule has 46 heavy (non-hydrogen) atoms. The molecule has 0 amide bonds. The molecule has 0 radical (unpaired) electrons. The topological polar surface area (TPSA) is 85.6 Å². The number of aromatic nitrogens is 3. The molecule has 3 aromatic heterocycles. The van der Waals surface area contributed by atoms with Crippen molar-refractivity contribution in [3.8, 4) is 0 Å². The van der Waals surface area contributed by atoms with E-state index < -0.39 is 7.82 Å². The molecule has 7 aromatic rings. The van der Waals surface area contributed by atoms with E-state index >= 15 is 0 Å². The highest BCUT2D eigenvalue weighted by Crippen LogP contribution is 2.44. The van der Waals surface area contributed by atoms with Crippen LogP contribution in [0.15, 0.2) is 111 Å². The summed E-state index contributed by atoms with van der Waals surface area (Å²) in [5.74, 6) is 0. The second kappa shape index (κ2) is 13.4. The molecule has 15 heteroatoms. The van der Waals surface area contributed by atoms with Gasteiger partial charge in [0.15, 0.2) is 0 Å². The smallest absolute Gasteiger partial charge is 0.399 e. The lowest BCUT2D eigenvalue weighted by molar-refractivity contribution is 0.0989. The summed E-state index contributed by atoms with van der Waals surface area (Å²) in [6, 6.07) is 23.6. The highest BCUT2D eigenvalue weighted by atomic mass is 79.9. The van der Waals surface area contributed by atoms with Crippen molar-refractivity contribution < 1.29 is 18.4 Å². The van der Waals surface area contributed by atoms with Gasteiger partial charge in [-0.15, -0.1) is 0 Å². The van der Waals surface area contributed by atoms with E-state index in [-0.39, 0.29) is 0 Å². The Morgan fingerprint density at radius 1 is 0.565 bits per heavy atom. The number of nitrogen functional groups attached to an aromatic ring is 1. The monoisotopic (exact) mass is 886 g/mol. The lowest BCUT2D eigenvalue weighted by atomic mass is 10.2. The van der Waals surface area contributed by atoms with Crippen molar-refractivity contribution in [2.45, 2.75) is 6.92 Å². The Balaban J connectivity index is 0.000000407. The molecule has 0 aliphatic heterocycles. The maximum atomic E-state index is 14.3. The average molecular weight is 891 g/mol. The highest BCUT2D eigenvalue weighted by Gasteiger charge is 2.37. The van der Waals surface area contributed by atoms with Crippen molar-refractivity contribution in [3.63, 3.8) is 0 Å². The van der Waals surface area contributed by atoms with Crippen LogP contribution in [0.4, 0.5) is 5.69 Å². The zero-order chi connectivity index (χ0) is 32.7. The lowest BCUT2D eigenvalue weighted by Crippen LogP contribution is -2.24. The van der Waals surface area contributed by atoms with E-state index in [9.17, 15) is 4.57 Å². The summed E-state index contributed by atoms with van der Waals surface area (Å²) in [5, 5.41) is 3.48. The second-order valence-corrected chi connectivity index (χ2v) is 15.0. The fraction of sp³-hybridized carbons (Fsp3) is 0.0323. The number of fused-ring (bicyclic) bond motifs is 3. The minimum absolute atomic E-state index is 0.481. The Hall–Kier alpha value is -2.76. The van der Waals surface area contributed by atoms with Crippen molar-refractivity contribution >= 4 is 129 Å². The molecule has 0 fully saturated rings. The molecule has 236 valence electrons. The molecule has 4 aromatic carbocycles. The minimum atomic E-state index is -4.45. The minimum Gasteiger partial charge on any atom is -0.399 e. The first-order chi connectivity index (χ1) is 21.9. The van der Waals surface area contributed by atoms with Gasteiger partial charge in [-0.25, -0.2) is 0 Å². The summed E-state index contributed by atoms with van der Waals surface area (Å²) >= 11 is 29.6. The van der Waals surface area contributed by atoms with Gasteiger partial charge in [-0.1, -0.05) is 52.5 Å². The summed E-state index contributed by atoms with van der Waals surface area (Å²) < 4.78 is 38.1. The van der Waals surface area contributed by atoms with Gasteiger partial charge in [0.25, 0.3) is 0 Å².